The van der Waals surface area contributed by atoms with Crippen LogP contribution in [0, 0.1) is 0 Å². The van der Waals surface area contributed by atoms with Gasteiger partial charge in [0, 0.05) is 11.4 Å². The molecule has 0 saturated heterocycles. The van der Waals surface area contributed by atoms with Crippen molar-refractivity contribution in [1.82, 2.24) is 5.32 Å². The first-order valence-electron chi connectivity index (χ1n) is 6.76. The van der Waals surface area contributed by atoms with Gasteiger partial charge in [0.05, 0.1) is 6.54 Å². The second-order valence-electron chi connectivity index (χ2n) is 4.65. The molecule has 2 aromatic rings. The van der Waals surface area contributed by atoms with Gasteiger partial charge in [-0.2, -0.15) is 0 Å². The molecule has 0 aliphatic carbocycles. The molecule has 0 fully saturated rings. The number of aliphatic imine (C=N–C) groups is 1. The first-order valence-corrected chi connectivity index (χ1v) is 7.64. The van der Waals surface area contributed by atoms with Crippen molar-refractivity contribution in [3.8, 4) is 11.5 Å². The van der Waals surface area contributed by atoms with Crippen LogP contribution >= 0.6 is 11.3 Å². The lowest BCUT2D eigenvalue weighted by Gasteiger charge is -2.05. The summed E-state index contributed by atoms with van der Waals surface area (Å²) in [5, 5.41) is 5.20. The van der Waals surface area contributed by atoms with E-state index in [9.17, 15) is 0 Å². The Kier molecular flexibility index (Phi) is 4.25. The molecule has 0 amide bonds. The zero-order valence-electron chi connectivity index (χ0n) is 11.5. The third-order valence-electron chi connectivity index (χ3n) is 3.13. The predicted octanol–water partition coefficient (Wildman–Crippen LogP) is 2.12. The maximum Gasteiger partial charge on any atom is 0.231 e. The number of nitrogens with zero attached hydrogens (tertiary/aromatic N) is 1. The highest BCUT2D eigenvalue weighted by Crippen LogP contribution is 2.32. The van der Waals surface area contributed by atoms with Crippen LogP contribution in [0.5, 0.6) is 11.5 Å². The van der Waals surface area contributed by atoms with E-state index in [1.54, 1.807) is 11.3 Å². The van der Waals surface area contributed by atoms with Gasteiger partial charge in [-0.3, -0.25) is 0 Å². The van der Waals surface area contributed by atoms with Crippen molar-refractivity contribution in [3.63, 3.8) is 0 Å². The van der Waals surface area contributed by atoms with Crippen molar-refractivity contribution in [1.29, 1.82) is 0 Å². The monoisotopic (exact) mass is 303 g/mol. The summed E-state index contributed by atoms with van der Waals surface area (Å²) in [6.45, 7) is 1.60. The van der Waals surface area contributed by atoms with Crippen molar-refractivity contribution in [2.75, 3.05) is 13.3 Å². The highest BCUT2D eigenvalue weighted by molar-refractivity contribution is 7.09. The summed E-state index contributed by atoms with van der Waals surface area (Å²) in [5.74, 6) is 2.01. The maximum absolute atomic E-state index is 5.86. The molecule has 0 radical (unpaired) electrons. The molecule has 0 spiro atoms. The number of thiophene rings is 1. The molecular weight excluding hydrogens is 286 g/mol. The molecule has 0 unspecified atom stereocenters. The number of hydrogen-bond donors (Lipinski definition) is 2. The smallest absolute Gasteiger partial charge is 0.231 e. The standard InChI is InChI=1S/C15H17N3O2S/c16-15(17-6-5-12-2-1-7-21-12)18-9-11-3-4-13-14(8-11)20-10-19-13/h1-4,7-8H,5-6,9-10H2,(H3,16,17,18). The molecule has 110 valence electrons. The van der Waals surface area contributed by atoms with Crippen LogP contribution in [0.15, 0.2) is 40.7 Å². The number of rotatable bonds is 5. The summed E-state index contributed by atoms with van der Waals surface area (Å²) >= 11 is 1.75. The Morgan fingerprint density at radius 1 is 1.29 bits per heavy atom. The number of nitrogens with one attached hydrogen (secondary N) is 1. The average Bonchev–Trinajstić information content (AvgIpc) is 3.15. The lowest BCUT2D eigenvalue weighted by Crippen LogP contribution is -2.33. The summed E-state index contributed by atoms with van der Waals surface area (Å²) in [6, 6.07) is 9.97. The van der Waals surface area contributed by atoms with E-state index in [2.05, 4.69) is 27.8 Å². The van der Waals surface area contributed by atoms with Crippen LogP contribution in [0.4, 0.5) is 0 Å². The molecule has 3 rings (SSSR count). The van der Waals surface area contributed by atoms with E-state index in [-0.39, 0.29) is 6.79 Å². The Hall–Kier alpha value is -2.21. The number of guanidine groups is 1. The Balaban J connectivity index is 1.48. The van der Waals surface area contributed by atoms with Gasteiger partial charge in [-0.05, 0) is 35.6 Å². The fourth-order valence-electron chi connectivity index (χ4n) is 2.04. The molecule has 1 aliphatic rings. The molecule has 0 atom stereocenters. The van der Waals surface area contributed by atoms with Gasteiger partial charge < -0.3 is 20.5 Å². The molecule has 1 aliphatic heterocycles. The van der Waals surface area contributed by atoms with Crippen LogP contribution in [-0.4, -0.2) is 19.3 Å². The zero-order chi connectivity index (χ0) is 14.5. The van der Waals surface area contributed by atoms with Gasteiger partial charge in [0.2, 0.25) is 6.79 Å². The van der Waals surface area contributed by atoms with Gasteiger partial charge in [-0.1, -0.05) is 12.1 Å². The van der Waals surface area contributed by atoms with E-state index in [0.29, 0.717) is 12.5 Å². The molecule has 5 nitrogen and oxygen atoms in total. The molecular formula is C15H17N3O2S. The first-order chi connectivity index (χ1) is 10.3. The van der Waals surface area contributed by atoms with Crippen molar-refractivity contribution in [3.05, 3.63) is 46.2 Å². The minimum atomic E-state index is 0.286. The summed E-state index contributed by atoms with van der Waals surface area (Å²) in [6.07, 6.45) is 0.956. The fourth-order valence-corrected chi connectivity index (χ4v) is 2.75. The van der Waals surface area contributed by atoms with Crippen molar-refractivity contribution in [2.45, 2.75) is 13.0 Å². The second-order valence-corrected chi connectivity index (χ2v) is 5.68. The fraction of sp³-hybridized carbons (Fsp3) is 0.267. The van der Waals surface area contributed by atoms with Crippen molar-refractivity contribution in [2.24, 2.45) is 10.7 Å². The van der Waals surface area contributed by atoms with Crippen LogP contribution in [0.3, 0.4) is 0 Å². The Morgan fingerprint density at radius 3 is 3.05 bits per heavy atom. The van der Waals surface area contributed by atoms with E-state index in [4.69, 9.17) is 15.2 Å². The van der Waals surface area contributed by atoms with E-state index in [0.717, 1.165) is 30.0 Å². The van der Waals surface area contributed by atoms with Crippen LogP contribution in [0.25, 0.3) is 0 Å². The quantitative estimate of drug-likeness (QED) is 0.656. The van der Waals surface area contributed by atoms with Crippen LogP contribution in [0.2, 0.25) is 0 Å². The van der Waals surface area contributed by atoms with Crippen LogP contribution in [-0.2, 0) is 13.0 Å². The molecule has 0 bridgehead atoms. The highest BCUT2D eigenvalue weighted by Gasteiger charge is 2.12. The number of ether oxygens (including phenoxy) is 2. The Bertz CT molecular complexity index is 626. The first kappa shape index (κ1) is 13.8. The van der Waals surface area contributed by atoms with Crippen molar-refractivity contribution < 1.29 is 9.47 Å². The summed E-state index contributed by atoms with van der Waals surface area (Å²) < 4.78 is 10.6. The lowest BCUT2D eigenvalue weighted by atomic mass is 10.2. The minimum Gasteiger partial charge on any atom is -0.454 e. The SMILES string of the molecule is NC(=NCc1ccc2c(c1)OCO2)NCCc1cccs1. The molecule has 21 heavy (non-hydrogen) atoms. The number of benzene rings is 1. The summed E-state index contributed by atoms with van der Waals surface area (Å²) in [4.78, 5) is 5.67. The van der Waals surface area contributed by atoms with Crippen molar-refractivity contribution >= 4 is 17.3 Å². The van der Waals surface area contributed by atoms with E-state index < -0.39 is 0 Å². The molecule has 3 N–H and O–H groups in total. The predicted molar refractivity (Wildman–Crippen MR) is 83.9 cm³/mol. The zero-order valence-corrected chi connectivity index (χ0v) is 12.4. The minimum absolute atomic E-state index is 0.286. The molecule has 2 heterocycles. The van der Waals surface area contributed by atoms with Gasteiger partial charge >= 0.3 is 0 Å². The van der Waals surface area contributed by atoms with Gasteiger partial charge in [0.15, 0.2) is 17.5 Å². The molecule has 0 saturated carbocycles. The van der Waals surface area contributed by atoms with Gasteiger partial charge in [0.25, 0.3) is 0 Å². The Labute approximate surface area is 127 Å². The van der Waals surface area contributed by atoms with Gasteiger partial charge in [-0.15, -0.1) is 11.3 Å². The van der Waals surface area contributed by atoms with E-state index in [1.807, 2.05) is 18.2 Å². The summed E-state index contributed by atoms with van der Waals surface area (Å²) in [5.41, 5.74) is 6.90. The van der Waals surface area contributed by atoms with Gasteiger partial charge in [-0.25, -0.2) is 4.99 Å². The largest absolute Gasteiger partial charge is 0.454 e. The number of fused-ring (bicyclic) bond motifs is 1. The number of nitrogens with two attached hydrogens (primary N) is 1. The molecule has 6 heteroatoms. The highest BCUT2D eigenvalue weighted by atomic mass is 32.1. The van der Waals surface area contributed by atoms with Crippen LogP contribution < -0.4 is 20.5 Å². The third kappa shape index (κ3) is 3.66. The van der Waals surface area contributed by atoms with Crippen LogP contribution in [0.1, 0.15) is 10.4 Å². The topological polar surface area (TPSA) is 68.9 Å². The third-order valence-corrected chi connectivity index (χ3v) is 4.06. The molecule has 1 aromatic heterocycles. The van der Waals surface area contributed by atoms with Gasteiger partial charge in [0.1, 0.15) is 0 Å². The van der Waals surface area contributed by atoms with E-state index >= 15 is 0 Å². The lowest BCUT2D eigenvalue weighted by molar-refractivity contribution is 0.174. The molecule has 1 aromatic carbocycles. The summed E-state index contributed by atoms with van der Waals surface area (Å²) in [7, 11) is 0. The number of hydrogen-bond acceptors (Lipinski definition) is 4. The second kappa shape index (κ2) is 6.49. The Morgan fingerprint density at radius 2 is 2.19 bits per heavy atom. The maximum atomic E-state index is 5.86. The average molecular weight is 303 g/mol. The normalized spacial score (nSPS) is 13.4. The van der Waals surface area contributed by atoms with E-state index in [1.165, 1.54) is 4.88 Å².